The molecular weight excluding hydrogens is 288 g/mol. The number of likely N-dealkylation sites (tertiary alicyclic amines) is 1. The van der Waals surface area contributed by atoms with Gasteiger partial charge in [0.2, 0.25) is 0 Å². The summed E-state index contributed by atoms with van der Waals surface area (Å²) in [5.41, 5.74) is 0. The van der Waals surface area contributed by atoms with Gasteiger partial charge in [-0.05, 0) is 50.0 Å². The summed E-state index contributed by atoms with van der Waals surface area (Å²) in [5, 5.41) is 3.51. The average Bonchev–Trinajstić information content (AvgIpc) is 2.95. The van der Waals surface area contributed by atoms with Crippen LogP contribution in [0.15, 0.2) is 24.3 Å². The molecule has 4 nitrogen and oxygen atoms in total. The van der Waals surface area contributed by atoms with E-state index in [0.29, 0.717) is 0 Å². The number of fused-ring (bicyclic) bond motifs is 1. The van der Waals surface area contributed by atoms with E-state index in [2.05, 4.69) is 10.2 Å². The molecule has 1 N–H and O–H groups in total. The zero-order valence-corrected chi connectivity index (χ0v) is 13.4. The van der Waals surface area contributed by atoms with Gasteiger partial charge in [-0.2, -0.15) is 0 Å². The first-order chi connectivity index (χ1) is 9.86. The van der Waals surface area contributed by atoms with E-state index in [1.54, 1.807) is 7.11 Å². The average molecular weight is 313 g/mol. The lowest BCUT2D eigenvalue weighted by molar-refractivity contribution is 0.126. The number of ether oxygens (including phenoxy) is 2. The second-order valence-electron chi connectivity index (χ2n) is 5.77. The number of hydrogen-bond donors (Lipinski definition) is 1. The Kier molecular flexibility index (Phi) is 6.15. The van der Waals surface area contributed by atoms with Crippen molar-refractivity contribution < 1.29 is 9.47 Å². The third-order valence-electron chi connectivity index (χ3n) is 4.52. The van der Waals surface area contributed by atoms with Crippen LogP contribution in [-0.4, -0.2) is 51.3 Å². The quantitative estimate of drug-likeness (QED) is 0.902. The van der Waals surface area contributed by atoms with Crippen LogP contribution in [0, 0.1) is 11.8 Å². The van der Waals surface area contributed by atoms with E-state index in [4.69, 9.17) is 9.47 Å². The van der Waals surface area contributed by atoms with Gasteiger partial charge in [0.25, 0.3) is 0 Å². The van der Waals surface area contributed by atoms with Gasteiger partial charge in [-0.25, -0.2) is 0 Å². The van der Waals surface area contributed by atoms with E-state index in [1.165, 1.54) is 32.6 Å². The molecule has 21 heavy (non-hydrogen) atoms. The predicted molar refractivity (Wildman–Crippen MR) is 86.6 cm³/mol. The molecule has 2 heterocycles. The minimum absolute atomic E-state index is 0. The van der Waals surface area contributed by atoms with Crippen molar-refractivity contribution in [3.05, 3.63) is 24.3 Å². The monoisotopic (exact) mass is 312 g/mol. The van der Waals surface area contributed by atoms with Gasteiger partial charge in [0.05, 0.1) is 7.11 Å². The number of halogens is 1. The molecule has 0 radical (unpaired) electrons. The van der Waals surface area contributed by atoms with E-state index in [-0.39, 0.29) is 12.4 Å². The van der Waals surface area contributed by atoms with Crippen molar-refractivity contribution in [3.63, 3.8) is 0 Å². The highest BCUT2D eigenvalue weighted by atomic mass is 35.5. The summed E-state index contributed by atoms with van der Waals surface area (Å²) in [6.07, 6.45) is 1.33. The standard InChI is InChI=1S/C16H24N2O2.ClH/c1-19-15-4-2-3-5-16(15)20-9-8-18-7-6-13-10-17-11-14(13)12-18;/h2-5,13-14,17H,6-12H2,1H3;1H. The van der Waals surface area contributed by atoms with Gasteiger partial charge >= 0.3 is 0 Å². The molecule has 2 saturated heterocycles. The molecule has 2 fully saturated rings. The first kappa shape index (κ1) is 16.4. The Morgan fingerprint density at radius 2 is 1.95 bits per heavy atom. The molecule has 1 aromatic carbocycles. The molecule has 0 aromatic heterocycles. The second-order valence-corrected chi connectivity index (χ2v) is 5.77. The lowest BCUT2D eigenvalue weighted by Gasteiger charge is -2.34. The Morgan fingerprint density at radius 1 is 1.19 bits per heavy atom. The predicted octanol–water partition coefficient (Wildman–Crippen LogP) is 2.04. The molecule has 0 bridgehead atoms. The Hall–Kier alpha value is -0.970. The van der Waals surface area contributed by atoms with Crippen molar-refractivity contribution in [2.24, 2.45) is 11.8 Å². The van der Waals surface area contributed by atoms with Crippen molar-refractivity contribution in [2.75, 3.05) is 46.4 Å². The van der Waals surface area contributed by atoms with Gasteiger partial charge in [-0.15, -0.1) is 12.4 Å². The molecule has 3 rings (SSSR count). The van der Waals surface area contributed by atoms with E-state index in [1.807, 2.05) is 24.3 Å². The van der Waals surface area contributed by atoms with Crippen molar-refractivity contribution in [1.29, 1.82) is 0 Å². The van der Waals surface area contributed by atoms with Crippen LogP contribution >= 0.6 is 12.4 Å². The van der Waals surface area contributed by atoms with Crippen molar-refractivity contribution in [2.45, 2.75) is 6.42 Å². The van der Waals surface area contributed by atoms with Gasteiger partial charge in [-0.1, -0.05) is 12.1 Å². The van der Waals surface area contributed by atoms with E-state index < -0.39 is 0 Å². The van der Waals surface area contributed by atoms with Crippen LogP contribution in [0.4, 0.5) is 0 Å². The van der Waals surface area contributed by atoms with Crippen LogP contribution in [0.3, 0.4) is 0 Å². The second kappa shape index (κ2) is 7.87. The number of nitrogens with zero attached hydrogens (tertiary/aromatic N) is 1. The topological polar surface area (TPSA) is 33.7 Å². The molecule has 0 spiro atoms. The fraction of sp³-hybridized carbons (Fsp3) is 0.625. The van der Waals surface area contributed by atoms with Crippen molar-refractivity contribution in [1.82, 2.24) is 10.2 Å². The number of benzene rings is 1. The van der Waals surface area contributed by atoms with E-state index >= 15 is 0 Å². The van der Waals surface area contributed by atoms with Crippen LogP contribution in [0.1, 0.15) is 6.42 Å². The fourth-order valence-electron chi connectivity index (χ4n) is 3.34. The summed E-state index contributed by atoms with van der Waals surface area (Å²) >= 11 is 0. The number of para-hydroxylation sites is 2. The van der Waals surface area contributed by atoms with E-state index in [9.17, 15) is 0 Å². The largest absolute Gasteiger partial charge is 0.493 e. The minimum Gasteiger partial charge on any atom is -0.493 e. The number of hydrogen-bond acceptors (Lipinski definition) is 4. The minimum atomic E-state index is 0. The van der Waals surface area contributed by atoms with Crippen molar-refractivity contribution in [3.8, 4) is 11.5 Å². The van der Waals surface area contributed by atoms with Gasteiger partial charge in [0, 0.05) is 13.1 Å². The molecule has 2 atom stereocenters. The zero-order chi connectivity index (χ0) is 13.8. The Balaban J connectivity index is 0.00000161. The van der Waals surface area contributed by atoms with Crippen LogP contribution in [0.5, 0.6) is 11.5 Å². The third kappa shape index (κ3) is 4.02. The molecule has 0 aliphatic carbocycles. The lowest BCUT2D eigenvalue weighted by atomic mass is 9.89. The molecule has 1 aromatic rings. The number of methoxy groups -OCH3 is 1. The van der Waals surface area contributed by atoms with Crippen LogP contribution in [0.2, 0.25) is 0 Å². The first-order valence-electron chi connectivity index (χ1n) is 7.55. The summed E-state index contributed by atoms with van der Waals surface area (Å²) in [5.74, 6) is 3.40. The van der Waals surface area contributed by atoms with Gasteiger partial charge in [0.15, 0.2) is 11.5 Å². The Morgan fingerprint density at radius 3 is 2.76 bits per heavy atom. The highest BCUT2D eigenvalue weighted by molar-refractivity contribution is 5.85. The summed E-state index contributed by atoms with van der Waals surface area (Å²) in [4.78, 5) is 2.53. The number of nitrogens with one attached hydrogen (secondary N) is 1. The number of rotatable bonds is 5. The molecule has 5 heteroatoms. The van der Waals surface area contributed by atoms with Gasteiger partial charge in [-0.3, -0.25) is 4.90 Å². The summed E-state index contributed by atoms with van der Waals surface area (Å²) < 4.78 is 11.2. The maximum absolute atomic E-state index is 5.86. The van der Waals surface area contributed by atoms with Gasteiger partial charge < -0.3 is 14.8 Å². The molecule has 2 aliphatic heterocycles. The van der Waals surface area contributed by atoms with Crippen LogP contribution in [-0.2, 0) is 0 Å². The van der Waals surface area contributed by atoms with E-state index in [0.717, 1.165) is 36.5 Å². The smallest absolute Gasteiger partial charge is 0.161 e. The SMILES string of the molecule is COc1ccccc1OCCN1CCC2CNCC2C1.Cl. The van der Waals surface area contributed by atoms with Crippen LogP contribution in [0.25, 0.3) is 0 Å². The Bertz CT molecular complexity index is 444. The third-order valence-corrected chi connectivity index (χ3v) is 4.52. The molecule has 2 aliphatic rings. The zero-order valence-electron chi connectivity index (χ0n) is 12.6. The summed E-state index contributed by atoms with van der Waals surface area (Å²) in [7, 11) is 1.68. The highest BCUT2D eigenvalue weighted by Gasteiger charge is 2.32. The number of piperidine rings is 1. The molecule has 0 amide bonds. The fourth-order valence-corrected chi connectivity index (χ4v) is 3.34. The summed E-state index contributed by atoms with van der Waals surface area (Å²) in [6, 6.07) is 7.84. The maximum atomic E-state index is 5.86. The molecule has 2 unspecified atom stereocenters. The molecular formula is C16H25ClN2O2. The maximum Gasteiger partial charge on any atom is 0.161 e. The lowest BCUT2D eigenvalue weighted by Crippen LogP contribution is -2.41. The summed E-state index contributed by atoms with van der Waals surface area (Å²) in [6.45, 7) is 6.56. The first-order valence-corrected chi connectivity index (χ1v) is 7.55. The van der Waals surface area contributed by atoms with Crippen molar-refractivity contribution >= 4 is 12.4 Å². The normalized spacial score (nSPS) is 25.0. The van der Waals surface area contributed by atoms with Crippen LogP contribution < -0.4 is 14.8 Å². The highest BCUT2D eigenvalue weighted by Crippen LogP contribution is 2.27. The van der Waals surface area contributed by atoms with Gasteiger partial charge in [0.1, 0.15) is 6.61 Å². The molecule has 0 saturated carbocycles. The Labute approximate surface area is 133 Å². The molecule has 118 valence electrons.